The van der Waals surface area contributed by atoms with E-state index < -0.39 is 46.8 Å². The standard InChI is InChI=1S/C14H13NO4.C12H11NO4.C11H8N2O5/c16-13(17)7-5-9(14(18)19)12-8-3-1-2-4-10(8)15-11(12)6-7;1-5-6(2)13-9-4-7(11(14)15)3-8(10(5)9)12(16)17;12-7-2-8-5(1-4(7)10(15)16)9(14)6(3-13-8)11(17)18/h5-6,15H,1-4H2,(H,16,17)(H,18,19);3-4,13H,1-2H3,(H,14,15)(H,16,17);1-3H,12H2,(H,13,14)(H,15,16)(H,17,18). The molecule has 17 heteroatoms. The van der Waals surface area contributed by atoms with Gasteiger partial charge in [0.1, 0.15) is 5.56 Å². The van der Waals surface area contributed by atoms with Gasteiger partial charge in [0.25, 0.3) is 0 Å². The molecule has 54 heavy (non-hydrogen) atoms. The molecule has 3 aromatic carbocycles. The zero-order valence-electron chi connectivity index (χ0n) is 28.5. The Morgan fingerprint density at radius 3 is 1.65 bits per heavy atom. The first-order chi connectivity index (χ1) is 25.4. The number of fused-ring (bicyclic) bond motifs is 5. The van der Waals surface area contributed by atoms with Crippen LogP contribution in [0.4, 0.5) is 5.69 Å². The highest BCUT2D eigenvalue weighted by molar-refractivity contribution is 6.09. The van der Waals surface area contributed by atoms with E-state index in [-0.39, 0.29) is 44.4 Å². The molecule has 11 N–H and O–H groups in total. The lowest BCUT2D eigenvalue weighted by molar-refractivity contribution is 0.0677. The number of carboxylic acids is 6. The number of nitrogens with two attached hydrogens (primary N) is 1. The molecule has 0 atom stereocenters. The second-order valence-corrected chi connectivity index (χ2v) is 12.4. The van der Waals surface area contributed by atoms with Crippen molar-refractivity contribution >= 4 is 74.2 Å². The van der Waals surface area contributed by atoms with Crippen LogP contribution >= 0.6 is 0 Å². The van der Waals surface area contributed by atoms with Crippen LogP contribution in [0.3, 0.4) is 0 Å². The van der Waals surface area contributed by atoms with E-state index in [9.17, 15) is 38.7 Å². The van der Waals surface area contributed by atoms with E-state index in [2.05, 4.69) is 15.0 Å². The van der Waals surface area contributed by atoms with Crippen LogP contribution in [0, 0.1) is 13.8 Å². The quantitative estimate of drug-likeness (QED) is 0.0990. The Hall–Kier alpha value is -7.43. The Bertz CT molecular complexity index is 2650. The number of rotatable bonds is 6. The topological polar surface area (TPSA) is 314 Å². The zero-order chi connectivity index (χ0) is 39.8. The number of aromatic amines is 3. The summed E-state index contributed by atoms with van der Waals surface area (Å²) >= 11 is 0. The largest absolute Gasteiger partial charge is 0.478 e. The molecule has 0 aliphatic heterocycles. The molecule has 3 heterocycles. The minimum Gasteiger partial charge on any atom is -0.478 e. The lowest BCUT2D eigenvalue weighted by Gasteiger charge is -2.11. The van der Waals surface area contributed by atoms with Crippen molar-refractivity contribution in [2.45, 2.75) is 39.5 Å². The Morgan fingerprint density at radius 2 is 1.11 bits per heavy atom. The molecule has 1 aliphatic carbocycles. The van der Waals surface area contributed by atoms with Gasteiger partial charge < -0.3 is 51.3 Å². The third-order valence-electron chi connectivity index (χ3n) is 9.06. The number of aromatic nitrogens is 3. The number of benzene rings is 3. The molecule has 0 saturated carbocycles. The first-order valence-electron chi connectivity index (χ1n) is 16.1. The first kappa shape index (κ1) is 37.8. The van der Waals surface area contributed by atoms with Crippen molar-refractivity contribution in [3.8, 4) is 0 Å². The first-order valence-corrected chi connectivity index (χ1v) is 16.1. The highest BCUT2D eigenvalue weighted by atomic mass is 16.4. The number of nitrogens with one attached hydrogen (secondary N) is 3. The summed E-state index contributed by atoms with van der Waals surface area (Å²) in [5.41, 5.74) is 9.32. The summed E-state index contributed by atoms with van der Waals surface area (Å²) in [6, 6.07) is 7.75. The van der Waals surface area contributed by atoms with Crippen molar-refractivity contribution in [3.63, 3.8) is 0 Å². The van der Waals surface area contributed by atoms with Crippen molar-refractivity contribution < 1.29 is 59.4 Å². The van der Waals surface area contributed by atoms with Gasteiger partial charge in [-0.3, -0.25) is 4.79 Å². The van der Waals surface area contributed by atoms with Gasteiger partial charge in [-0.2, -0.15) is 0 Å². The molecule has 0 fully saturated rings. The van der Waals surface area contributed by atoms with E-state index in [0.717, 1.165) is 60.5 Å². The molecule has 17 nitrogen and oxygen atoms in total. The van der Waals surface area contributed by atoms with E-state index in [4.69, 9.17) is 31.3 Å². The van der Waals surface area contributed by atoms with Crippen molar-refractivity contribution in [1.82, 2.24) is 15.0 Å². The summed E-state index contributed by atoms with van der Waals surface area (Å²) in [6.45, 7) is 3.63. The Labute approximate surface area is 302 Å². The minimum atomic E-state index is -1.38. The summed E-state index contributed by atoms with van der Waals surface area (Å²) in [5, 5.41) is 55.3. The van der Waals surface area contributed by atoms with E-state index in [1.165, 1.54) is 30.3 Å². The average molecular weight is 741 g/mol. The number of carbonyl (C=O) groups is 6. The van der Waals surface area contributed by atoms with Crippen molar-refractivity contribution in [1.29, 1.82) is 0 Å². The maximum absolute atomic E-state index is 11.8. The smallest absolute Gasteiger partial charge is 0.341 e. The molecule has 6 aromatic rings. The molecule has 278 valence electrons. The fourth-order valence-corrected chi connectivity index (χ4v) is 6.39. The van der Waals surface area contributed by atoms with Crippen LogP contribution < -0.4 is 11.2 Å². The highest BCUT2D eigenvalue weighted by Crippen LogP contribution is 2.33. The lowest BCUT2D eigenvalue weighted by Crippen LogP contribution is -2.16. The fraction of sp³-hybridized carbons (Fsp3) is 0.162. The van der Waals surface area contributed by atoms with E-state index in [1.807, 2.05) is 6.92 Å². The number of carboxylic acid groups (broad SMARTS) is 6. The molecule has 0 saturated heterocycles. The predicted molar refractivity (Wildman–Crippen MR) is 193 cm³/mol. The molecule has 1 aliphatic rings. The van der Waals surface area contributed by atoms with Crippen LogP contribution in [0.1, 0.15) is 97.5 Å². The van der Waals surface area contributed by atoms with Crippen LogP contribution in [0.25, 0.3) is 32.7 Å². The van der Waals surface area contributed by atoms with Crippen molar-refractivity contribution in [2.75, 3.05) is 5.73 Å². The number of H-pyrrole nitrogens is 3. The van der Waals surface area contributed by atoms with E-state index in [0.29, 0.717) is 21.8 Å². The summed E-state index contributed by atoms with van der Waals surface area (Å²) in [7, 11) is 0. The number of pyridine rings is 1. The normalized spacial score (nSPS) is 11.9. The van der Waals surface area contributed by atoms with Crippen LogP contribution in [0.5, 0.6) is 0 Å². The van der Waals surface area contributed by atoms with Gasteiger partial charge in [-0.1, -0.05) is 0 Å². The van der Waals surface area contributed by atoms with Crippen LogP contribution in [-0.4, -0.2) is 81.4 Å². The molecule has 3 aromatic heterocycles. The van der Waals surface area contributed by atoms with Gasteiger partial charge in [0.15, 0.2) is 0 Å². The molecule has 0 radical (unpaired) electrons. The van der Waals surface area contributed by atoms with Gasteiger partial charge in [-0.15, -0.1) is 0 Å². The van der Waals surface area contributed by atoms with Crippen molar-refractivity contribution in [2.24, 2.45) is 0 Å². The van der Waals surface area contributed by atoms with Crippen LogP contribution in [-0.2, 0) is 12.8 Å². The number of aryl methyl sites for hydroxylation is 4. The molecular weight excluding hydrogens is 708 g/mol. The third kappa shape index (κ3) is 7.18. The van der Waals surface area contributed by atoms with Gasteiger partial charge in [0, 0.05) is 50.5 Å². The number of hydrogen-bond donors (Lipinski definition) is 10. The molecule has 0 unspecified atom stereocenters. The summed E-state index contributed by atoms with van der Waals surface area (Å²) < 4.78 is 0. The third-order valence-corrected chi connectivity index (χ3v) is 9.06. The number of anilines is 1. The fourth-order valence-electron chi connectivity index (χ4n) is 6.39. The SMILES string of the molecule is Cc1[nH]c2cc(C(=O)O)cc(C(=O)O)c2c1C.Nc1cc2[nH]cc(C(=O)O)c(=O)c2cc1C(=O)O.O=C(O)c1cc(C(=O)O)c2c3c([nH]c2c1)CCCC3. The van der Waals surface area contributed by atoms with Crippen LogP contribution in [0.2, 0.25) is 0 Å². The van der Waals surface area contributed by atoms with Crippen molar-refractivity contribution in [3.05, 3.63) is 109 Å². The Morgan fingerprint density at radius 1 is 0.593 bits per heavy atom. The van der Waals surface area contributed by atoms with Gasteiger partial charge in [0.2, 0.25) is 5.43 Å². The van der Waals surface area contributed by atoms with Gasteiger partial charge >= 0.3 is 35.8 Å². The predicted octanol–water partition coefficient (Wildman–Crippen LogP) is 5.13. The molecule has 7 rings (SSSR count). The second-order valence-electron chi connectivity index (χ2n) is 12.4. The zero-order valence-corrected chi connectivity index (χ0v) is 28.5. The monoisotopic (exact) mass is 740 g/mol. The molecule has 0 amide bonds. The summed E-state index contributed by atoms with van der Waals surface area (Å²) in [4.78, 5) is 86.7. The van der Waals surface area contributed by atoms with Gasteiger partial charge in [-0.25, -0.2) is 28.8 Å². The minimum absolute atomic E-state index is 0.00324. The van der Waals surface area contributed by atoms with E-state index >= 15 is 0 Å². The summed E-state index contributed by atoms with van der Waals surface area (Å²) in [5.74, 6) is -7.13. The number of nitrogen functional groups attached to an aromatic ring is 1. The van der Waals surface area contributed by atoms with Gasteiger partial charge in [-0.05, 0) is 87.1 Å². The lowest BCUT2D eigenvalue weighted by atomic mass is 9.93. The maximum atomic E-state index is 11.8. The molecule has 0 bridgehead atoms. The Balaban J connectivity index is 0.000000156. The van der Waals surface area contributed by atoms with Gasteiger partial charge in [0.05, 0.1) is 33.3 Å². The maximum Gasteiger partial charge on any atom is 0.341 e. The highest BCUT2D eigenvalue weighted by Gasteiger charge is 2.23. The second kappa shape index (κ2) is 14.7. The summed E-state index contributed by atoms with van der Waals surface area (Å²) in [6.07, 6.45) is 4.91. The molecular formula is C37H32N4O13. The number of aromatic carboxylic acids is 6. The van der Waals surface area contributed by atoms with Crippen LogP contribution in [0.15, 0.2) is 47.4 Å². The average Bonchev–Trinajstić information content (AvgIpc) is 3.63. The number of hydrogen-bond acceptors (Lipinski definition) is 8. The molecule has 0 spiro atoms. The van der Waals surface area contributed by atoms with E-state index in [1.54, 1.807) is 6.92 Å². The Kier molecular flexibility index (Phi) is 10.3.